The van der Waals surface area contributed by atoms with E-state index in [1.807, 2.05) is 24.3 Å². The molecule has 1 heterocycles. The fourth-order valence-electron chi connectivity index (χ4n) is 1.89. The van der Waals surface area contributed by atoms with E-state index in [1.165, 1.54) is 0 Å². The fourth-order valence-corrected chi connectivity index (χ4v) is 1.89. The molecular weight excluding hydrogens is 242 g/mol. The van der Waals surface area contributed by atoms with Gasteiger partial charge in [-0.05, 0) is 23.3 Å². The smallest absolute Gasteiger partial charge is 0.146 e. The van der Waals surface area contributed by atoms with Crippen LogP contribution in [0.2, 0.25) is 0 Å². The predicted octanol–water partition coefficient (Wildman–Crippen LogP) is 1.85. The molecule has 0 unspecified atom stereocenters. The van der Waals surface area contributed by atoms with Crippen LogP contribution in [-0.2, 0) is 6.42 Å². The van der Waals surface area contributed by atoms with E-state index in [1.54, 1.807) is 20.4 Å². The summed E-state index contributed by atoms with van der Waals surface area (Å²) in [4.78, 5) is 3.95. The molecule has 2 aromatic rings. The highest BCUT2D eigenvalue weighted by atomic mass is 16.5. The van der Waals surface area contributed by atoms with Crippen molar-refractivity contribution in [1.82, 2.24) is 4.98 Å². The molecule has 0 fully saturated rings. The first-order valence-electron chi connectivity index (χ1n) is 5.85. The summed E-state index contributed by atoms with van der Waals surface area (Å²) in [6.07, 6.45) is 2.28. The zero-order chi connectivity index (χ0) is 13.8. The Hall–Kier alpha value is -2.43. The average Bonchev–Trinajstić information content (AvgIpc) is 2.44. The van der Waals surface area contributed by atoms with Gasteiger partial charge in [-0.25, -0.2) is 4.98 Å². The number of hydrogen-bond acceptors (Lipinski definition) is 5. The van der Waals surface area contributed by atoms with Crippen LogP contribution in [-0.4, -0.2) is 19.2 Å². The van der Waals surface area contributed by atoms with E-state index < -0.39 is 0 Å². The van der Waals surface area contributed by atoms with Crippen LogP contribution in [0.1, 0.15) is 11.1 Å². The SMILES string of the molecule is COc1ccc(Cc2ccnc(N)c2N)c(OC)c1. The molecule has 100 valence electrons. The average molecular weight is 259 g/mol. The summed E-state index contributed by atoms with van der Waals surface area (Å²) < 4.78 is 10.5. The van der Waals surface area contributed by atoms with E-state index in [2.05, 4.69) is 4.98 Å². The van der Waals surface area contributed by atoms with Crippen molar-refractivity contribution in [3.05, 3.63) is 41.6 Å². The first kappa shape index (κ1) is 13.0. The third-order valence-electron chi connectivity index (χ3n) is 2.99. The quantitative estimate of drug-likeness (QED) is 0.875. The van der Waals surface area contributed by atoms with Crippen LogP contribution in [0.5, 0.6) is 11.5 Å². The maximum Gasteiger partial charge on any atom is 0.146 e. The molecule has 1 aromatic heterocycles. The topological polar surface area (TPSA) is 83.4 Å². The fraction of sp³-hybridized carbons (Fsp3) is 0.214. The third kappa shape index (κ3) is 2.70. The first-order chi connectivity index (χ1) is 9.15. The number of anilines is 2. The van der Waals surface area contributed by atoms with Crippen molar-refractivity contribution in [3.63, 3.8) is 0 Å². The van der Waals surface area contributed by atoms with Crippen molar-refractivity contribution in [2.75, 3.05) is 25.7 Å². The Kier molecular flexibility index (Phi) is 3.75. The summed E-state index contributed by atoms with van der Waals surface area (Å²) in [6.45, 7) is 0. The van der Waals surface area contributed by atoms with Gasteiger partial charge in [0.05, 0.1) is 19.9 Å². The maximum atomic E-state index is 5.93. The minimum atomic E-state index is 0.352. The molecule has 0 radical (unpaired) electrons. The van der Waals surface area contributed by atoms with Crippen LogP contribution in [0.15, 0.2) is 30.5 Å². The molecule has 0 spiro atoms. The Balaban J connectivity index is 2.35. The number of nitrogens with two attached hydrogens (primary N) is 2. The van der Waals surface area contributed by atoms with Gasteiger partial charge in [0, 0.05) is 18.7 Å². The van der Waals surface area contributed by atoms with Gasteiger partial charge >= 0.3 is 0 Å². The molecule has 0 saturated carbocycles. The van der Waals surface area contributed by atoms with Crippen LogP contribution in [0.3, 0.4) is 0 Å². The Morgan fingerprint density at radius 3 is 2.53 bits per heavy atom. The lowest BCUT2D eigenvalue weighted by atomic mass is 10.0. The standard InChI is InChI=1S/C14H17N3O2/c1-18-11-4-3-9(12(8-11)19-2)7-10-5-6-17-14(16)13(10)15/h3-6,8H,7,15H2,1-2H3,(H2,16,17). The Morgan fingerprint density at radius 1 is 1.05 bits per heavy atom. The van der Waals surface area contributed by atoms with Crippen LogP contribution in [0, 0.1) is 0 Å². The molecular formula is C14H17N3O2. The second-order valence-corrected chi connectivity index (χ2v) is 4.12. The van der Waals surface area contributed by atoms with Crippen molar-refractivity contribution < 1.29 is 9.47 Å². The third-order valence-corrected chi connectivity index (χ3v) is 2.99. The van der Waals surface area contributed by atoms with Gasteiger partial charge in [0.1, 0.15) is 17.3 Å². The van der Waals surface area contributed by atoms with Crippen LogP contribution < -0.4 is 20.9 Å². The molecule has 0 aliphatic rings. The van der Waals surface area contributed by atoms with E-state index in [4.69, 9.17) is 20.9 Å². The van der Waals surface area contributed by atoms with Crippen LogP contribution in [0.4, 0.5) is 11.5 Å². The normalized spacial score (nSPS) is 10.2. The van der Waals surface area contributed by atoms with Crippen molar-refractivity contribution in [2.24, 2.45) is 0 Å². The van der Waals surface area contributed by atoms with Gasteiger partial charge in [-0.1, -0.05) is 6.07 Å². The molecule has 19 heavy (non-hydrogen) atoms. The summed E-state index contributed by atoms with van der Waals surface area (Å²) in [5, 5.41) is 0. The highest BCUT2D eigenvalue weighted by Gasteiger charge is 2.09. The minimum absolute atomic E-state index is 0.352. The zero-order valence-electron chi connectivity index (χ0n) is 11.0. The lowest BCUT2D eigenvalue weighted by Crippen LogP contribution is -2.03. The minimum Gasteiger partial charge on any atom is -0.497 e. The van der Waals surface area contributed by atoms with E-state index in [-0.39, 0.29) is 0 Å². The van der Waals surface area contributed by atoms with Crippen molar-refractivity contribution >= 4 is 11.5 Å². The Labute approximate surface area is 112 Å². The highest BCUT2D eigenvalue weighted by Crippen LogP contribution is 2.28. The van der Waals surface area contributed by atoms with Gasteiger partial charge in [-0.3, -0.25) is 0 Å². The molecule has 0 saturated heterocycles. The molecule has 5 heteroatoms. The lowest BCUT2D eigenvalue weighted by molar-refractivity contribution is 0.391. The molecule has 2 rings (SSSR count). The van der Waals surface area contributed by atoms with Gasteiger partial charge in [0.25, 0.3) is 0 Å². The maximum absolute atomic E-state index is 5.93. The molecule has 4 N–H and O–H groups in total. The lowest BCUT2D eigenvalue weighted by Gasteiger charge is -2.12. The van der Waals surface area contributed by atoms with Crippen molar-refractivity contribution in [2.45, 2.75) is 6.42 Å². The van der Waals surface area contributed by atoms with Gasteiger partial charge < -0.3 is 20.9 Å². The zero-order valence-corrected chi connectivity index (χ0v) is 11.0. The number of ether oxygens (including phenoxy) is 2. The Bertz CT molecular complexity index is 585. The second-order valence-electron chi connectivity index (χ2n) is 4.12. The number of nitrogens with zero attached hydrogens (tertiary/aromatic N) is 1. The molecule has 0 aliphatic carbocycles. The van der Waals surface area contributed by atoms with E-state index >= 15 is 0 Å². The molecule has 5 nitrogen and oxygen atoms in total. The molecule has 0 aliphatic heterocycles. The van der Waals surface area contributed by atoms with Crippen molar-refractivity contribution in [3.8, 4) is 11.5 Å². The number of benzene rings is 1. The molecule has 1 aromatic carbocycles. The second kappa shape index (κ2) is 5.48. The summed E-state index contributed by atoms with van der Waals surface area (Å²) in [7, 11) is 3.25. The molecule has 0 bridgehead atoms. The first-order valence-corrected chi connectivity index (χ1v) is 5.85. The van der Waals surface area contributed by atoms with E-state index in [9.17, 15) is 0 Å². The summed E-state index contributed by atoms with van der Waals surface area (Å²) in [5.74, 6) is 1.86. The van der Waals surface area contributed by atoms with Crippen LogP contribution in [0.25, 0.3) is 0 Å². The highest BCUT2D eigenvalue weighted by molar-refractivity contribution is 5.64. The molecule has 0 amide bonds. The summed E-state index contributed by atoms with van der Waals surface area (Å²) in [6, 6.07) is 7.54. The monoisotopic (exact) mass is 259 g/mol. The van der Waals surface area contributed by atoms with Gasteiger partial charge in [-0.15, -0.1) is 0 Å². The van der Waals surface area contributed by atoms with E-state index in [0.29, 0.717) is 17.9 Å². The summed E-state index contributed by atoms with van der Waals surface area (Å²) >= 11 is 0. The van der Waals surface area contributed by atoms with Crippen molar-refractivity contribution in [1.29, 1.82) is 0 Å². The van der Waals surface area contributed by atoms with Gasteiger partial charge in [-0.2, -0.15) is 0 Å². The number of hydrogen-bond donors (Lipinski definition) is 2. The summed E-state index contributed by atoms with van der Waals surface area (Å²) in [5.41, 5.74) is 14.1. The number of pyridine rings is 1. The van der Waals surface area contributed by atoms with E-state index in [0.717, 1.165) is 22.6 Å². The van der Waals surface area contributed by atoms with Crippen LogP contribution >= 0.6 is 0 Å². The Morgan fingerprint density at radius 2 is 1.84 bits per heavy atom. The number of nitrogen functional groups attached to an aromatic ring is 2. The largest absolute Gasteiger partial charge is 0.497 e. The number of methoxy groups -OCH3 is 2. The predicted molar refractivity (Wildman–Crippen MR) is 75.4 cm³/mol. The number of aromatic nitrogens is 1. The van der Waals surface area contributed by atoms with Gasteiger partial charge in [0.15, 0.2) is 0 Å². The molecule has 0 atom stereocenters. The number of rotatable bonds is 4. The van der Waals surface area contributed by atoms with Gasteiger partial charge in [0.2, 0.25) is 0 Å².